The molecule has 0 fully saturated rings. The molecule has 0 radical (unpaired) electrons. The summed E-state index contributed by atoms with van der Waals surface area (Å²) in [5.74, 6) is 1.50. The highest BCUT2D eigenvalue weighted by Crippen LogP contribution is 2.35. The van der Waals surface area contributed by atoms with E-state index in [1.165, 1.54) is 0 Å². The number of ether oxygens (including phenoxy) is 1. The van der Waals surface area contributed by atoms with Gasteiger partial charge in [0.15, 0.2) is 5.13 Å². The maximum absolute atomic E-state index is 5.37. The van der Waals surface area contributed by atoms with Crippen molar-refractivity contribution >= 4 is 16.5 Å². The Hall–Kier alpha value is -1.55. The van der Waals surface area contributed by atoms with Gasteiger partial charge in [-0.1, -0.05) is 37.3 Å². The van der Waals surface area contributed by atoms with Crippen LogP contribution in [-0.4, -0.2) is 18.6 Å². The molecule has 0 saturated carbocycles. The topological polar surface area (TPSA) is 34.1 Å². The molecule has 2 rings (SSSR count). The van der Waals surface area contributed by atoms with E-state index in [4.69, 9.17) is 4.74 Å². The fourth-order valence-electron chi connectivity index (χ4n) is 1.62. The Morgan fingerprint density at radius 2 is 2.11 bits per heavy atom. The van der Waals surface area contributed by atoms with E-state index in [1.807, 2.05) is 24.4 Å². The summed E-state index contributed by atoms with van der Waals surface area (Å²) in [7, 11) is 1.69. The first-order valence-corrected chi connectivity index (χ1v) is 6.85. The summed E-state index contributed by atoms with van der Waals surface area (Å²) in [5, 5.41) is 4.30. The van der Waals surface area contributed by atoms with Crippen LogP contribution in [0.3, 0.4) is 0 Å². The monoisotopic (exact) mass is 262 g/mol. The average Bonchev–Trinajstić information content (AvgIpc) is 2.85. The predicted molar refractivity (Wildman–Crippen MR) is 77.4 cm³/mol. The molecule has 0 amide bonds. The van der Waals surface area contributed by atoms with E-state index in [0.717, 1.165) is 27.9 Å². The molecule has 0 saturated heterocycles. The minimum absolute atomic E-state index is 0.614. The van der Waals surface area contributed by atoms with Crippen molar-refractivity contribution in [2.24, 2.45) is 5.92 Å². The Bertz CT molecular complexity index is 508. The van der Waals surface area contributed by atoms with Crippen LogP contribution in [0.1, 0.15) is 13.8 Å². The quantitative estimate of drug-likeness (QED) is 0.887. The molecule has 1 aromatic carbocycles. The van der Waals surface area contributed by atoms with Crippen LogP contribution in [0.2, 0.25) is 0 Å². The first kappa shape index (κ1) is 12.9. The van der Waals surface area contributed by atoms with Crippen LogP contribution >= 0.6 is 11.3 Å². The summed E-state index contributed by atoms with van der Waals surface area (Å²) in [6, 6.07) is 8.01. The molecule has 0 aliphatic rings. The lowest BCUT2D eigenvalue weighted by atomic mass is 10.2. The second-order valence-electron chi connectivity index (χ2n) is 4.50. The highest BCUT2D eigenvalue weighted by Gasteiger charge is 2.09. The van der Waals surface area contributed by atoms with Gasteiger partial charge in [-0.05, 0) is 18.1 Å². The zero-order chi connectivity index (χ0) is 13.0. The van der Waals surface area contributed by atoms with Crippen LogP contribution in [0.25, 0.3) is 10.4 Å². The number of aromatic nitrogens is 1. The van der Waals surface area contributed by atoms with Crippen molar-refractivity contribution < 1.29 is 4.74 Å². The summed E-state index contributed by atoms with van der Waals surface area (Å²) in [5.41, 5.74) is 1.09. The minimum atomic E-state index is 0.614. The van der Waals surface area contributed by atoms with Crippen molar-refractivity contribution in [1.29, 1.82) is 0 Å². The van der Waals surface area contributed by atoms with Gasteiger partial charge in [0.2, 0.25) is 0 Å². The smallest absolute Gasteiger partial charge is 0.183 e. The van der Waals surface area contributed by atoms with Gasteiger partial charge in [0.1, 0.15) is 5.75 Å². The number of thiazole rings is 1. The second kappa shape index (κ2) is 5.87. The molecule has 0 atom stereocenters. The van der Waals surface area contributed by atoms with Gasteiger partial charge in [0.25, 0.3) is 0 Å². The Morgan fingerprint density at radius 1 is 1.33 bits per heavy atom. The molecule has 3 nitrogen and oxygen atoms in total. The van der Waals surface area contributed by atoms with E-state index in [9.17, 15) is 0 Å². The fourth-order valence-corrected chi connectivity index (χ4v) is 2.47. The van der Waals surface area contributed by atoms with E-state index in [2.05, 4.69) is 30.2 Å². The summed E-state index contributed by atoms with van der Waals surface area (Å²) in [6.45, 7) is 5.31. The molecule has 18 heavy (non-hydrogen) atoms. The average molecular weight is 262 g/mol. The molecule has 0 aliphatic carbocycles. The van der Waals surface area contributed by atoms with Crippen LogP contribution in [0.5, 0.6) is 5.75 Å². The van der Waals surface area contributed by atoms with E-state index in [0.29, 0.717) is 5.92 Å². The van der Waals surface area contributed by atoms with E-state index < -0.39 is 0 Å². The lowest BCUT2D eigenvalue weighted by molar-refractivity contribution is 0.416. The highest BCUT2D eigenvalue weighted by molar-refractivity contribution is 7.18. The third-order valence-corrected chi connectivity index (χ3v) is 3.53. The molecule has 96 valence electrons. The fraction of sp³-hybridized carbons (Fsp3) is 0.357. The number of nitrogens with zero attached hydrogens (tertiary/aromatic N) is 1. The van der Waals surface area contributed by atoms with Crippen LogP contribution in [0.15, 0.2) is 30.5 Å². The third kappa shape index (κ3) is 3.01. The van der Waals surface area contributed by atoms with Gasteiger partial charge in [-0.2, -0.15) is 0 Å². The molecule has 1 heterocycles. The number of anilines is 1. The minimum Gasteiger partial charge on any atom is -0.496 e. The Labute approximate surface area is 112 Å². The highest BCUT2D eigenvalue weighted by atomic mass is 32.1. The van der Waals surface area contributed by atoms with Crippen molar-refractivity contribution in [2.75, 3.05) is 19.0 Å². The zero-order valence-electron chi connectivity index (χ0n) is 10.9. The van der Waals surface area contributed by atoms with Crippen LogP contribution in [0, 0.1) is 5.92 Å². The van der Waals surface area contributed by atoms with Gasteiger partial charge in [0.05, 0.1) is 12.0 Å². The Morgan fingerprint density at radius 3 is 2.83 bits per heavy atom. The van der Waals surface area contributed by atoms with Crippen molar-refractivity contribution in [1.82, 2.24) is 4.98 Å². The number of hydrogen-bond donors (Lipinski definition) is 1. The van der Waals surface area contributed by atoms with E-state index in [1.54, 1.807) is 18.4 Å². The first-order chi connectivity index (χ1) is 8.70. The third-order valence-electron chi connectivity index (χ3n) is 2.54. The number of para-hydroxylation sites is 1. The normalized spacial score (nSPS) is 10.7. The van der Waals surface area contributed by atoms with Gasteiger partial charge in [-0.15, -0.1) is 0 Å². The summed E-state index contributed by atoms with van der Waals surface area (Å²) < 4.78 is 5.37. The molecule has 4 heteroatoms. The number of nitrogens with one attached hydrogen (secondary N) is 1. The molecular formula is C14H18N2OS. The lowest BCUT2D eigenvalue weighted by Crippen LogP contribution is -2.07. The molecule has 1 N–H and O–H groups in total. The number of methoxy groups -OCH3 is 1. The van der Waals surface area contributed by atoms with Gasteiger partial charge in [0, 0.05) is 18.3 Å². The maximum atomic E-state index is 5.37. The van der Waals surface area contributed by atoms with E-state index >= 15 is 0 Å². The van der Waals surface area contributed by atoms with E-state index in [-0.39, 0.29) is 0 Å². The van der Waals surface area contributed by atoms with Gasteiger partial charge < -0.3 is 10.1 Å². The van der Waals surface area contributed by atoms with Crippen molar-refractivity contribution in [3.8, 4) is 16.2 Å². The predicted octanol–water partition coefficient (Wildman–Crippen LogP) is 3.89. The Kier molecular flexibility index (Phi) is 4.20. The summed E-state index contributed by atoms with van der Waals surface area (Å²) in [6.07, 6.45) is 1.89. The lowest BCUT2D eigenvalue weighted by Gasteiger charge is -2.05. The molecule has 2 aromatic rings. The number of hydrogen-bond acceptors (Lipinski definition) is 4. The summed E-state index contributed by atoms with van der Waals surface area (Å²) >= 11 is 1.66. The van der Waals surface area contributed by atoms with Crippen molar-refractivity contribution in [3.63, 3.8) is 0 Å². The first-order valence-electron chi connectivity index (χ1n) is 6.03. The largest absolute Gasteiger partial charge is 0.496 e. The SMILES string of the molecule is COc1ccccc1-c1cnc(NCC(C)C)s1. The second-order valence-corrected chi connectivity index (χ2v) is 5.54. The number of benzene rings is 1. The zero-order valence-corrected chi connectivity index (χ0v) is 11.8. The van der Waals surface area contributed by atoms with Crippen LogP contribution < -0.4 is 10.1 Å². The summed E-state index contributed by atoms with van der Waals surface area (Å²) in [4.78, 5) is 5.52. The van der Waals surface area contributed by atoms with Crippen molar-refractivity contribution in [3.05, 3.63) is 30.5 Å². The van der Waals surface area contributed by atoms with Crippen molar-refractivity contribution in [2.45, 2.75) is 13.8 Å². The van der Waals surface area contributed by atoms with Crippen LogP contribution in [0.4, 0.5) is 5.13 Å². The molecule has 0 unspecified atom stereocenters. The standard InChI is InChI=1S/C14H18N2OS/c1-10(2)8-15-14-16-9-13(18-14)11-6-4-5-7-12(11)17-3/h4-7,9-10H,8H2,1-3H3,(H,15,16). The molecule has 0 bridgehead atoms. The van der Waals surface area contributed by atoms with Gasteiger partial charge in [-0.25, -0.2) is 4.98 Å². The molecule has 0 spiro atoms. The van der Waals surface area contributed by atoms with Crippen LogP contribution in [-0.2, 0) is 0 Å². The Balaban J connectivity index is 2.18. The molecule has 1 aromatic heterocycles. The van der Waals surface area contributed by atoms with Gasteiger partial charge in [-0.3, -0.25) is 0 Å². The maximum Gasteiger partial charge on any atom is 0.183 e. The molecular weight excluding hydrogens is 244 g/mol. The number of rotatable bonds is 5. The van der Waals surface area contributed by atoms with Gasteiger partial charge >= 0.3 is 0 Å². The molecule has 0 aliphatic heterocycles.